The smallest absolute Gasteiger partial charge is 0.269 e. The van der Waals surface area contributed by atoms with Crippen LogP contribution < -0.4 is 5.32 Å². The Morgan fingerprint density at radius 2 is 1.95 bits per heavy atom. The summed E-state index contributed by atoms with van der Waals surface area (Å²) in [5, 5.41) is 13.9. The number of nitro benzene ring substituents is 1. The van der Waals surface area contributed by atoms with Gasteiger partial charge in [0, 0.05) is 36.3 Å². The van der Waals surface area contributed by atoms with E-state index in [-0.39, 0.29) is 10.6 Å². The molecule has 1 heterocycles. The maximum atomic E-state index is 10.6. The monoisotopic (exact) mass is 285 g/mol. The summed E-state index contributed by atoms with van der Waals surface area (Å²) in [6, 6.07) is 10.8. The minimum absolute atomic E-state index is 0.147. The second-order valence-electron chi connectivity index (χ2n) is 4.99. The van der Waals surface area contributed by atoms with E-state index in [4.69, 9.17) is 0 Å². The minimum atomic E-state index is -0.371. The number of aryl methyl sites for hydroxylation is 2. The van der Waals surface area contributed by atoms with Crippen molar-refractivity contribution in [2.75, 3.05) is 11.9 Å². The molecule has 5 nitrogen and oxygen atoms in total. The lowest BCUT2D eigenvalue weighted by molar-refractivity contribution is -0.384. The molecule has 0 unspecified atom stereocenters. The zero-order valence-corrected chi connectivity index (χ0v) is 12.1. The van der Waals surface area contributed by atoms with E-state index in [0.29, 0.717) is 0 Å². The molecule has 110 valence electrons. The van der Waals surface area contributed by atoms with E-state index in [1.165, 1.54) is 0 Å². The molecule has 0 fully saturated rings. The number of nitro groups is 1. The Kier molecular flexibility index (Phi) is 5.26. The van der Waals surface area contributed by atoms with Gasteiger partial charge in [0.15, 0.2) is 0 Å². The highest BCUT2D eigenvalue weighted by molar-refractivity contribution is 5.42. The molecule has 2 rings (SSSR count). The van der Waals surface area contributed by atoms with Gasteiger partial charge in [-0.05, 0) is 43.9 Å². The summed E-state index contributed by atoms with van der Waals surface area (Å²) in [6.45, 7) is 2.89. The van der Waals surface area contributed by atoms with E-state index >= 15 is 0 Å². The number of non-ortho nitro benzene ring substituents is 1. The van der Waals surface area contributed by atoms with Crippen molar-refractivity contribution in [2.24, 2.45) is 0 Å². The third-order valence-corrected chi connectivity index (χ3v) is 3.27. The van der Waals surface area contributed by atoms with Crippen LogP contribution in [0.2, 0.25) is 0 Å². The van der Waals surface area contributed by atoms with Crippen molar-refractivity contribution in [1.29, 1.82) is 0 Å². The van der Waals surface area contributed by atoms with Crippen LogP contribution in [0.15, 0.2) is 42.6 Å². The number of pyridine rings is 1. The van der Waals surface area contributed by atoms with E-state index in [2.05, 4.69) is 10.3 Å². The Bertz CT molecular complexity index is 597. The summed E-state index contributed by atoms with van der Waals surface area (Å²) in [6.07, 6.45) is 4.84. The Morgan fingerprint density at radius 1 is 1.19 bits per heavy atom. The normalized spacial score (nSPS) is 10.3. The number of anilines is 1. The van der Waals surface area contributed by atoms with Gasteiger partial charge in [-0.3, -0.25) is 15.1 Å². The molecule has 0 amide bonds. The van der Waals surface area contributed by atoms with E-state index < -0.39 is 0 Å². The van der Waals surface area contributed by atoms with E-state index in [0.717, 1.165) is 42.8 Å². The fourth-order valence-corrected chi connectivity index (χ4v) is 2.13. The lowest BCUT2D eigenvalue weighted by Gasteiger charge is -2.06. The highest BCUT2D eigenvalue weighted by atomic mass is 16.6. The molecule has 21 heavy (non-hydrogen) atoms. The van der Waals surface area contributed by atoms with Crippen LogP contribution in [-0.4, -0.2) is 16.5 Å². The highest BCUT2D eigenvalue weighted by Crippen LogP contribution is 2.14. The van der Waals surface area contributed by atoms with E-state index in [1.54, 1.807) is 18.3 Å². The number of aromatic nitrogens is 1. The molecule has 0 saturated heterocycles. The number of nitrogens with one attached hydrogen (secondary N) is 1. The van der Waals surface area contributed by atoms with Crippen LogP contribution >= 0.6 is 0 Å². The third kappa shape index (κ3) is 4.87. The lowest BCUT2D eigenvalue weighted by atomic mass is 10.1. The number of hydrogen-bond acceptors (Lipinski definition) is 4. The van der Waals surface area contributed by atoms with Crippen molar-refractivity contribution >= 4 is 11.4 Å². The molecule has 0 radical (unpaired) electrons. The van der Waals surface area contributed by atoms with Gasteiger partial charge in [0.1, 0.15) is 0 Å². The van der Waals surface area contributed by atoms with Gasteiger partial charge in [0.25, 0.3) is 5.69 Å². The second kappa shape index (κ2) is 7.38. The van der Waals surface area contributed by atoms with E-state index in [1.807, 2.05) is 31.2 Å². The first-order valence-electron chi connectivity index (χ1n) is 7.05. The van der Waals surface area contributed by atoms with Gasteiger partial charge >= 0.3 is 0 Å². The van der Waals surface area contributed by atoms with Crippen molar-refractivity contribution in [3.63, 3.8) is 0 Å². The standard InChI is InChI=1S/C16H19N3O2/c1-13-12-15(9-11-17-13)18-10-3-2-4-14-5-7-16(8-6-14)19(20)21/h5-9,11-12H,2-4,10H2,1H3,(H,17,18). The topological polar surface area (TPSA) is 68.1 Å². The average Bonchev–Trinajstić information content (AvgIpc) is 2.47. The predicted molar refractivity (Wildman–Crippen MR) is 83.5 cm³/mol. The molecule has 5 heteroatoms. The molecule has 1 aromatic heterocycles. The maximum absolute atomic E-state index is 10.6. The van der Waals surface area contributed by atoms with E-state index in [9.17, 15) is 10.1 Å². The van der Waals surface area contributed by atoms with Gasteiger partial charge in [-0.1, -0.05) is 12.1 Å². The zero-order chi connectivity index (χ0) is 15.1. The zero-order valence-electron chi connectivity index (χ0n) is 12.1. The minimum Gasteiger partial charge on any atom is -0.385 e. The van der Waals surface area contributed by atoms with Crippen molar-refractivity contribution < 1.29 is 4.92 Å². The van der Waals surface area contributed by atoms with Crippen LogP contribution in [0.4, 0.5) is 11.4 Å². The molecule has 0 bridgehead atoms. The summed E-state index contributed by atoms with van der Waals surface area (Å²) in [4.78, 5) is 14.3. The summed E-state index contributed by atoms with van der Waals surface area (Å²) < 4.78 is 0. The quantitative estimate of drug-likeness (QED) is 0.478. The summed E-state index contributed by atoms with van der Waals surface area (Å²) in [5.74, 6) is 0. The first-order chi connectivity index (χ1) is 10.1. The van der Waals surface area contributed by atoms with Crippen LogP contribution in [0.25, 0.3) is 0 Å². The Morgan fingerprint density at radius 3 is 2.62 bits per heavy atom. The number of benzene rings is 1. The van der Waals surface area contributed by atoms with Gasteiger partial charge in [0.05, 0.1) is 4.92 Å². The molecule has 0 saturated carbocycles. The molecule has 0 aliphatic rings. The molecular weight excluding hydrogens is 266 g/mol. The summed E-state index contributed by atoms with van der Waals surface area (Å²) in [5.41, 5.74) is 3.39. The molecule has 1 N–H and O–H groups in total. The molecular formula is C16H19N3O2. The molecule has 0 atom stereocenters. The number of unbranched alkanes of at least 4 members (excludes halogenated alkanes) is 1. The van der Waals surface area contributed by atoms with Crippen molar-refractivity contribution in [3.05, 3.63) is 64.0 Å². The summed E-state index contributed by atoms with van der Waals surface area (Å²) >= 11 is 0. The van der Waals surface area contributed by atoms with Crippen molar-refractivity contribution in [1.82, 2.24) is 4.98 Å². The highest BCUT2D eigenvalue weighted by Gasteiger charge is 2.03. The number of nitrogens with zero attached hydrogens (tertiary/aromatic N) is 2. The van der Waals surface area contributed by atoms with Gasteiger partial charge < -0.3 is 5.32 Å². The van der Waals surface area contributed by atoms with Crippen molar-refractivity contribution in [3.8, 4) is 0 Å². The van der Waals surface area contributed by atoms with Gasteiger partial charge in [-0.2, -0.15) is 0 Å². The Labute approximate surface area is 124 Å². The fourth-order valence-electron chi connectivity index (χ4n) is 2.13. The van der Waals surface area contributed by atoms with Gasteiger partial charge in [-0.15, -0.1) is 0 Å². The maximum Gasteiger partial charge on any atom is 0.269 e. The molecule has 2 aromatic rings. The van der Waals surface area contributed by atoms with Gasteiger partial charge in [0.2, 0.25) is 0 Å². The first kappa shape index (κ1) is 15.0. The Balaban J connectivity index is 1.69. The largest absolute Gasteiger partial charge is 0.385 e. The molecule has 0 spiro atoms. The van der Waals surface area contributed by atoms with Gasteiger partial charge in [-0.25, -0.2) is 0 Å². The lowest BCUT2D eigenvalue weighted by Crippen LogP contribution is -2.02. The third-order valence-electron chi connectivity index (χ3n) is 3.27. The molecule has 0 aliphatic heterocycles. The van der Waals surface area contributed by atoms with Crippen LogP contribution in [0, 0.1) is 17.0 Å². The second-order valence-corrected chi connectivity index (χ2v) is 4.99. The predicted octanol–water partition coefficient (Wildman–Crippen LogP) is 3.73. The number of hydrogen-bond donors (Lipinski definition) is 1. The van der Waals surface area contributed by atoms with Crippen LogP contribution in [0.5, 0.6) is 0 Å². The summed E-state index contributed by atoms with van der Waals surface area (Å²) in [7, 11) is 0. The SMILES string of the molecule is Cc1cc(NCCCCc2ccc([N+](=O)[O-])cc2)ccn1. The van der Waals surface area contributed by atoms with Crippen LogP contribution in [-0.2, 0) is 6.42 Å². The number of rotatable bonds is 7. The first-order valence-corrected chi connectivity index (χ1v) is 7.05. The van der Waals surface area contributed by atoms with Crippen LogP contribution in [0.1, 0.15) is 24.1 Å². The average molecular weight is 285 g/mol. The van der Waals surface area contributed by atoms with Crippen molar-refractivity contribution in [2.45, 2.75) is 26.2 Å². The molecule has 1 aromatic carbocycles. The fraction of sp³-hybridized carbons (Fsp3) is 0.312. The molecule has 0 aliphatic carbocycles. The van der Waals surface area contributed by atoms with Crippen LogP contribution in [0.3, 0.4) is 0 Å². The Hall–Kier alpha value is -2.43.